The summed E-state index contributed by atoms with van der Waals surface area (Å²) in [7, 11) is 0. The lowest BCUT2D eigenvalue weighted by Crippen LogP contribution is -2.28. The van der Waals surface area contributed by atoms with Gasteiger partial charge in [0.15, 0.2) is 0 Å². The fourth-order valence-corrected chi connectivity index (χ4v) is 2.40. The highest BCUT2D eigenvalue weighted by atomic mass is 79.9. The normalized spacial score (nSPS) is 25.9. The minimum atomic E-state index is 0.548. The fraction of sp³-hybridized carbons (Fsp3) is 0.545. The number of halogens is 1. The number of hydrogen-bond donors (Lipinski definition) is 1. The summed E-state index contributed by atoms with van der Waals surface area (Å²) in [6.07, 6.45) is 3.02. The molecule has 1 aromatic heterocycles. The Kier molecular flexibility index (Phi) is 3.26. The molecule has 1 aromatic rings. The summed E-state index contributed by atoms with van der Waals surface area (Å²) in [5.41, 5.74) is 5.71. The quantitative estimate of drug-likeness (QED) is 0.894. The first-order chi connectivity index (χ1) is 7.20. The Labute approximate surface area is 98.8 Å². The van der Waals surface area contributed by atoms with Crippen LogP contribution in [0, 0.1) is 5.92 Å². The third-order valence-corrected chi connectivity index (χ3v) is 3.47. The summed E-state index contributed by atoms with van der Waals surface area (Å²) < 4.78 is 1.02. The molecule has 2 heterocycles. The molecule has 1 fully saturated rings. The zero-order chi connectivity index (χ0) is 10.8. The monoisotopic (exact) mass is 269 g/mol. The molecule has 0 aliphatic carbocycles. The van der Waals surface area contributed by atoms with Crippen molar-refractivity contribution in [3.63, 3.8) is 0 Å². The van der Waals surface area contributed by atoms with Crippen LogP contribution in [0.5, 0.6) is 0 Å². The molecule has 3 nitrogen and oxygen atoms in total. The molecule has 2 unspecified atom stereocenters. The summed E-state index contributed by atoms with van der Waals surface area (Å²) in [4.78, 5) is 6.75. The Balaban J connectivity index is 2.14. The second-order valence-electron chi connectivity index (χ2n) is 4.17. The lowest BCUT2D eigenvalue weighted by molar-refractivity contribution is 0.579. The molecular weight excluding hydrogens is 254 g/mol. The average molecular weight is 270 g/mol. The highest BCUT2D eigenvalue weighted by Crippen LogP contribution is 2.27. The van der Waals surface area contributed by atoms with Crippen molar-refractivity contribution in [2.24, 2.45) is 11.7 Å². The van der Waals surface area contributed by atoms with Gasteiger partial charge in [-0.2, -0.15) is 0 Å². The minimum Gasteiger partial charge on any atom is -0.354 e. The molecule has 0 bridgehead atoms. The first kappa shape index (κ1) is 10.9. The van der Waals surface area contributed by atoms with E-state index >= 15 is 0 Å². The number of aromatic nitrogens is 1. The van der Waals surface area contributed by atoms with Gasteiger partial charge in [0, 0.05) is 23.3 Å². The molecule has 2 rings (SSSR count). The molecule has 1 aliphatic rings. The Hall–Kier alpha value is -0.610. The van der Waals surface area contributed by atoms with Gasteiger partial charge in [-0.25, -0.2) is 4.98 Å². The molecule has 0 spiro atoms. The van der Waals surface area contributed by atoms with Crippen LogP contribution in [0.15, 0.2) is 22.8 Å². The Morgan fingerprint density at radius 1 is 1.60 bits per heavy atom. The predicted octanol–water partition coefficient (Wildman–Crippen LogP) is 2.02. The highest BCUT2D eigenvalue weighted by Gasteiger charge is 2.28. The Morgan fingerprint density at radius 3 is 2.93 bits per heavy atom. The number of hydrogen-bond acceptors (Lipinski definition) is 3. The van der Waals surface area contributed by atoms with Crippen LogP contribution in [0.3, 0.4) is 0 Å². The summed E-state index contributed by atoms with van der Waals surface area (Å²) in [5.74, 6) is 1.67. The van der Waals surface area contributed by atoms with Crippen molar-refractivity contribution in [3.05, 3.63) is 22.8 Å². The average Bonchev–Trinajstić information content (AvgIpc) is 2.61. The van der Waals surface area contributed by atoms with E-state index in [9.17, 15) is 0 Å². The van der Waals surface area contributed by atoms with Gasteiger partial charge in [-0.05, 0) is 53.9 Å². The first-order valence-corrected chi connectivity index (χ1v) is 6.08. The smallest absolute Gasteiger partial charge is 0.128 e. The van der Waals surface area contributed by atoms with Crippen LogP contribution in [-0.2, 0) is 0 Å². The van der Waals surface area contributed by atoms with Crippen molar-refractivity contribution >= 4 is 21.7 Å². The van der Waals surface area contributed by atoms with Crippen LogP contribution in [-0.4, -0.2) is 24.1 Å². The van der Waals surface area contributed by atoms with Gasteiger partial charge in [0.1, 0.15) is 5.82 Å². The number of pyridine rings is 1. The summed E-state index contributed by atoms with van der Waals surface area (Å²) in [5, 5.41) is 0. The second kappa shape index (κ2) is 4.49. The molecule has 2 atom stereocenters. The fourth-order valence-electron chi connectivity index (χ4n) is 2.17. The second-order valence-corrected chi connectivity index (χ2v) is 5.09. The van der Waals surface area contributed by atoms with Crippen LogP contribution < -0.4 is 10.6 Å². The summed E-state index contributed by atoms with van der Waals surface area (Å²) >= 11 is 3.39. The Bertz CT molecular complexity index is 325. The molecule has 0 saturated carbocycles. The van der Waals surface area contributed by atoms with Crippen molar-refractivity contribution in [2.45, 2.75) is 19.4 Å². The van der Waals surface area contributed by atoms with Gasteiger partial charge in [0.2, 0.25) is 0 Å². The number of nitrogens with two attached hydrogens (primary N) is 1. The number of anilines is 1. The van der Waals surface area contributed by atoms with Crippen LogP contribution in [0.4, 0.5) is 5.82 Å². The van der Waals surface area contributed by atoms with Crippen LogP contribution >= 0.6 is 15.9 Å². The van der Waals surface area contributed by atoms with Crippen molar-refractivity contribution in [1.82, 2.24) is 4.98 Å². The van der Waals surface area contributed by atoms with Crippen LogP contribution in [0.2, 0.25) is 0 Å². The van der Waals surface area contributed by atoms with Crippen LogP contribution in [0.1, 0.15) is 13.3 Å². The van der Waals surface area contributed by atoms with E-state index in [2.05, 4.69) is 38.8 Å². The molecular formula is C11H16BrN3. The molecule has 1 saturated heterocycles. The predicted molar refractivity (Wildman–Crippen MR) is 65.9 cm³/mol. The highest BCUT2D eigenvalue weighted by molar-refractivity contribution is 9.10. The van der Waals surface area contributed by atoms with E-state index in [-0.39, 0.29) is 0 Å². The van der Waals surface area contributed by atoms with E-state index in [1.807, 2.05) is 12.3 Å². The van der Waals surface area contributed by atoms with Gasteiger partial charge in [0.05, 0.1) is 0 Å². The molecule has 0 radical (unpaired) electrons. The van der Waals surface area contributed by atoms with E-state index in [0.717, 1.165) is 23.4 Å². The standard InChI is InChI=1S/C11H16BrN3/c1-8-4-9(5-13)7-15(8)11-3-2-10(12)6-14-11/h2-3,6,8-9H,4-5,7,13H2,1H3. The molecule has 82 valence electrons. The first-order valence-electron chi connectivity index (χ1n) is 5.29. The van der Waals surface area contributed by atoms with Gasteiger partial charge in [-0.3, -0.25) is 0 Å². The summed E-state index contributed by atoms with van der Waals surface area (Å²) in [6, 6.07) is 4.64. The summed E-state index contributed by atoms with van der Waals surface area (Å²) in [6.45, 7) is 4.04. The maximum atomic E-state index is 5.71. The van der Waals surface area contributed by atoms with E-state index in [4.69, 9.17) is 5.73 Å². The lowest BCUT2D eigenvalue weighted by Gasteiger charge is -2.22. The molecule has 1 aliphatic heterocycles. The van der Waals surface area contributed by atoms with Gasteiger partial charge < -0.3 is 10.6 Å². The van der Waals surface area contributed by atoms with Crippen molar-refractivity contribution in [2.75, 3.05) is 18.0 Å². The largest absolute Gasteiger partial charge is 0.354 e. The third kappa shape index (κ3) is 2.32. The number of nitrogens with zero attached hydrogens (tertiary/aromatic N) is 2. The molecule has 0 amide bonds. The van der Waals surface area contributed by atoms with Gasteiger partial charge in [-0.15, -0.1) is 0 Å². The minimum absolute atomic E-state index is 0.548. The molecule has 15 heavy (non-hydrogen) atoms. The van der Waals surface area contributed by atoms with Gasteiger partial charge >= 0.3 is 0 Å². The maximum absolute atomic E-state index is 5.71. The lowest BCUT2D eigenvalue weighted by atomic mass is 10.1. The molecule has 4 heteroatoms. The topological polar surface area (TPSA) is 42.1 Å². The van der Waals surface area contributed by atoms with E-state index in [1.165, 1.54) is 6.42 Å². The molecule has 2 N–H and O–H groups in total. The van der Waals surface area contributed by atoms with E-state index < -0.39 is 0 Å². The van der Waals surface area contributed by atoms with E-state index in [1.54, 1.807) is 0 Å². The number of rotatable bonds is 2. The zero-order valence-electron chi connectivity index (χ0n) is 8.86. The van der Waals surface area contributed by atoms with Gasteiger partial charge in [-0.1, -0.05) is 0 Å². The van der Waals surface area contributed by atoms with Crippen molar-refractivity contribution in [1.29, 1.82) is 0 Å². The van der Waals surface area contributed by atoms with Gasteiger partial charge in [0.25, 0.3) is 0 Å². The Morgan fingerprint density at radius 2 is 2.40 bits per heavy atom. The van der Waals surface area contributed by atoms with Crippen molar-refractivity contribution < 1.29 is 0 Å². The zero-order valence-corrected chi connectivity index (χ0v) is 10.4. The van der Waals surface area contributed by atoms with Crippen LogP contribution in [0.25, 0.3) is 0 Å². The van der Waals surface area contributed by atoms with E-state index in [0.29, 0.717) is 12.0 Å². The SMILES string of the molecule is CC1CC(CN)CN1c1ccc(Br)cn1. The third-order valence-electron chi connectivity index (χ3n) is 3.00. The molecule has 0 aromatic carbocycles. The maximum Gasteiger partial charge on any atom is 0.128 e. The van der Waals surface area contributed by atoms with Crippen molar-refractivity contribution in [3.8, 4) is 0 Å².